The summed E-state index contributed by atoms with van der Waals surface area (Å²) in [6, 6.07) is 7.91. The number of nitrogens with zero attached hydrogens (tertiary/aromatic N) is 2. The minimum absolute atomic E-state index is 0.153. The fourth-order valence-electron chi connectivity index (χ4n) is 1.62. The van der Waals surface area contributed by atoms with Gasteiger partial charge < -0.3 is 10.3 Å². The van der Waals surface area contributed by atoms with Crippen molar-refractivity contribution in [1.29, 1.82) is 0 Å². The molecule has 1 aromatic heterocycles. The Morgan fingerprint density at radius 2 is 2.21 bits per heavy atom. The van der Waals surface area contributed by atoms with Crippen LogP contribution in [0.4, 0.5) is 0 Å². The molecule has 4 nitrogen and oxygen atoms in total. The summed E-state index contributed by atoms with van der Waals surface area (Å²) in [4.78, 5) is 5.49. The van der Waals surface area contributed by atoms with Crippen LogP contribution < -0.4 is 5.73 Å². The molecule has 6 heteroatoms. The molecule has 0 unspecified atom stereocenters. The Morgan fingerprint density at radius 3 is 2.95 bits per heavy atom. The average Bonchev–Trinajstić information content (AvgIpc) is 2.87. The summed E-state index contributed by atoms with van der Waals surface area (Å²) in [7, 11) is 0. The van der Waals surface area contributed by atoms with Crippen LogP contribution in [0, 0.1) is 0 Å². The standard InChI is InChI=1S/C13H16BrN3OS/c1-2-5-10(15)13-16-12(17-18-13)8-19-11-7-4-3-6-9(11)14/h3-4,6-7,10H,2,5,8,15H2,1H3/t10-/m0/s1. The lowest BCUT2D eigenvalue weighted by molar-refractivity contribution is 0.345. The van der Waals surface area contributed by atoms with E-state index in [-0.39, 0.29) is 6.04 Å². The lowest BCUT2D eigenvalue weighted by atomic mass is 10.2. The molecule has 0 spiro atoms. The number of thioether (sulfide) groups is 1. The molecule has 1 atom stereocenters. The molecule has 0 fully saturated rings. The number of benzene rings is 1. The highest BCUT2D eigenvalue weighted by Crippen LogP contribution is 2.29. The summed E-state index contributed by atoms with van der Waals surface area (Å²) < 4.78 is 6.26. The molecule has 0 bridgehead atoms. The van der Waals surface area contributed by atoms with E-state index in [4.69, 9.17) is 10.3 Å². The van der Waals surface area contributed by atoms with Crippen LogP contribution in [0.5, 0.6) is 0 Å². The largest absolute Gasteiger partial charge is 0.338 e. The summed E-state index contributed by atoms with van der Waals surface area (Å²) >= 11 is 5.18. The first-order chi connectivity index (χ1) is 9.20. The Morgan fingerprint density at radius 1 is 1.42 bits per heavy atom. The normalized spacial score (nSPS) is 12.6. The van der Waals surface area contributed by atoms with Gasteiger partial charge in [-0.2, -0.15) is 4.98 Å². The Balaban J connectivity index is 1.95. The molecule has 1 heterocycles. The molecule has 2 aromatic rings. The van der Waals surface area contributed by atoms with Gasteiger partial charge in [0.15, 0.2) is 5.82 Å². The van der Waals surface area contributed by atoms with Crippen LogP contribution in [0.15, 0.2) is 38.2 Å². The van der Waals surface area contributed by atoms with Crippen LogP contribution >= 0.6 is 27.7 Å². The minimum atomic E-state index is -0.153. The zero-order valence-corrected chi connectivity index (χ0v) is 13.1. The lowest BCUT2D eigenvalue weighted by Crippen LogP contribution is -2.10. The SMILES string of the molecule is CCC[C@H](N)c1nc(CSc2ccccc2Br)no1. The van der Waals surface area contributed by atoms with E-state index in [1.54, 1.807) is 11.8 Å². The van der Waals surface area contributed by atoms with E-state index in [2.05, 4.69) is 39.1 Å². The molecule has 0 aliphatic heterocycles. The summed E-state index contributed by atoms with van der Waals surface area (Å²) in [6.45, 7) is 2.08. The van der Waals surface area contributed by atoms with Crippen LogP contribution in [-0.4, -0.2) is 10.1 Å². The average molecular weight is 342 g/mol. The maximum Gasteiger partial charge on any atom is 0.243 e. The van der Waals surface area contributed by atoms with Crippen molar-refractivity contribution < 1.29 is 4.52 Å². The van der Waals surface area contributed by atoms with Crippen molar-refractivity contribution in [2.75, 3.05) is 0 Å². The second-order valence-corrected chi connectivity index (χ2v) is 6.03. The first-order valence-corrected chi connectivity index (χ1v) is 7.94. The van der Waals surface area contributed by atoms with Gasteiger partial charge in [0.25, 0.3) is 0 Å². The fraction of sp³-hybridized carbons (Fsp3) is 0.385. The van der Waals surface area contributed by atoms with E-state index in [0.717, 1.165) is 22.2 Å². The van der Waals surface area contributed by atoms with Crippen LogP contribution in [0.2, 0.25) is 0 Å². The highest BCUT2D eigenvalue weighted by molar-refractivity contribution is 9.10. The van der Waals surface area contributed by atoms with Crippen LogP contribution in [0.1, 0.15) is 37.5 Å². The van der Waals surface area contributed by atoms with E-state index < -0.39 is 0 Å². The third kappa shape index (κ3) is 4.06. The molecule has 2 N–H and O–H groups in total. The zero-order valence-electron chi connectivity index (χ0n) is 10.7. The Kier molecular flexibility index (Phi) is 5.42. The van der Waals surface area contributed by atoms with Crippen molar-refractivity contribution in [3.05, 3.63) is 40.5 Å². The Hall–Kier alpha value is -0.850. The summed E-state index contributed by atoms with van der Waals surface area (Å²) in [5.41, 5.74) is 5.94. The highest BCUT2D eigenvalue weighted by Gasteiger charge is 2.14. The quantitative estimate of drug-likeness (QED) is 0.806. The van der Waals surface area contributed by atoms with Gasteiger partial charge in [-0.25, -0.2) is 0 Å². The van der Waals surface area contributed by atoms with Gasteiger partial charge in [0, 0.05) is 9.37 Å². The molecule has 1 aromatic carbocycles. The summed E-state index contributed by atoms with van der Waals surface area (Å²) in [6.07, 6.45) is 1.86. The van der Waals surface area contributed by atoms with Crippen molar-refractivity contribution >= 4 is 27.7 Å². The molecule has 2 rings (SSSR count). The van der Waals surface area contributed by atoms with Gasteiger partial charge in [-0.3, -0.25) is 0 Å². The van der Waals surface area contributed by atoms with Gasteiger partial charge in [0.05, 0.1) is 11.8 Å². The molecule has 0 radical (unpaired) electrons. The van der Waals surface area contributed by atoms with E-state index in [0.29, 0.717) is 17.5 Å². The zero-order chi connectivity index (χ0) is 13.7. The van der Waals surface area contributed by atoms with E-state index in [9.17, 15) is 0 Å². The lowest BCUT2D eigenvalue weighted by Gasteiger charge is -2.02. The van der Waals surface area contributed by atoms with Gasteiger partial charge >= 0.3 is 0 Å². The van der Waals surface area contributed by atoms with Gasteiger partial charge in [-0.05, 0) is 34.5 Å². The van der Waals surface area contributed by atoms with Gasteiger partial charge in [-0.15, -0.1) is 11.8 Å². The van der Waals surface area contributed by atoms with Crippen LogP contribution in [-0.2, 0) is 5.75 Å². The first-order valence-electron chi connectivity index (χ1n) is 6.16. The number of halogens is 1. The van der Waals surface area contributed by atoms with Crippen molar-refractivity contribution in [3.63, 3.8) is 0 Å². The Labute approximate surface area is 125 Å². The van der Waals surface area contributed by atoms with E-state index in [1.807, 2.05) is 18.2 Å². The molecular weight excluding hydrogens is 326 g/mol. The number of hydrogen-bond donors (Lipinski definition) is 1. The molecular formula is C13H16BrN3OS. The van der Waals surface area contributed by atoms with Gasteiger partial charge in [0.2, 0.25) is 5.89 Å². The number of nitrogens with two attached hydrogens (primary N) is 1. The predicted octanol–water partition coefficient (Wildman–Crippen LogP) is 3.92. The molecule has 19 heavy (non-hydrogen) atoms. The van der Waals surface area contributed by atoms with Gasteiger partial charge in [0.1, 0.15) is 0 Å². The smallest absolute Gasteiger partial charge is 0.243 e. The summed E-state index contributed by atoms with van der Waals surface area (Å²) in [5.74, 6) is 1.89. The third-order valence-electron chi connectivity index (χ3n) is 2.59. The van der Waals surface area contributed by atoms with Gasteiger partial charge in [-0.1, -0.05) is 30.6 Å². The minimum Gasteiger partial charge on any atom is -0.338 e. The van der Waals surface area contributed by atoms with E-state index in [1.165, 1.54) is 0 Å². The Bertz CT molecular complexity index is 532. The first kappa shape index (κ1) is 14.6. The van der Waals surface area contributed by atoms with Crippen LogP contribution in [0.25, 0.3) is 0 Å². The second-order valence-electron chi connectivity index (χ2n) is 4.16. The molecule has 0 aliphatic rings. The molecule has 0 saturated carbocycles. The number of rotatable bonds is 6. The molecule has 0 aliphatic carbocycles. The maximum atomic E-state index is 5.94. The molecule has 0 amide bonds. The molecule has 102 valence electrons. The maximum absolute atomic E-state index is 5.94. The second kappa shape index (κ2) is 7.07. The van der Waals surface area contributed by atoms with Crippen molar-refractivity contribution in [3.8, 4) is 0 Å². The van der Waals surface area contributed by atoms with Crippen LogP contribution in [0.3, 0.4) is 0 Å². The van der Waals surface area contributed by atoms with Crippen molar-refractivity contribution in [2.24, 2.45) is 5.73 Å². The topological polar surface area (TPSA) is 64.9 Å². The monoisotopic (exact) mass is 341 g/mol. The fourth-order valence-corrected chi connectivity index (χ4v) is 3.03. The third-order valence-corrected chi connectivity index (χ3v) is 4.62. The van der Waals surface area contributed by atoms with Crippen molar-refractivity contribution in [2.45, 2.75) is 36.5 Å². The summed E-state index contributed by atoms with van der Waals surface area (Å²) in [5, 5.41) is 3.96. The number of aromatic nitrogens is 2. The van der Waals surface area contributed by atoms with E-state index >= 15 is 0 Å². The van der Waals surface area contributed by atoms with Crippen molar-refractivity contribution in [1.82, 2.24) is 10.1 Å². The highest BCUT2D eigenvalue weighted by atomic mass is 79.9. The number of hydrogen-bond acceptors (Lipinski definition) is 5. The molecule has 0 saturated heterocycles. The predicted molar refractivity (Wildman–Crippen MR) is 79.8 cm³/mol.